The van der Waals surface area contributed by atoms with E-state index < -0.39 is 4.92 Å². The Hall–Kier alpha value is -2.29. The topological polar surface area (TPSA) is 85.5 Å². The van der Waals surface area contributed by atoms with E-state index in [1.54, 1.807) is 16.8 Å². The first-order valence-corrected chi connectivity index (χ1v) is 9.74. The van der Waals surface area contributed by atoms with Crippen LogP contribution in [0.1, 0.15) is 19.4 Å². The number of nitro groups is 1. The largest absolute Gasteiger partial charge is 0.374 e. The number of benzene rings is 1. The van der Waals surface area contributed by atoms with Crippen molar-refractivity contribution < 1.29 is 9.66 Å². The number of aromatic nitrogens is 2. The minimum atomic E-state index is -0.391. The van der Waals surface area contributed by atoms with E-state index in [9.17, 15) is 10.1 Å². The van der Waals surface area contributed by atoms with Crippen LogP contribution in [0.15, 0.2) is 30.5 Å². The van der Waals surface area contributed by atoms with Gasteiger partial charge in [0.05, 0.1) is 23.3 Å². The molecule has 1 aromatic heterocycles. The predicted molar refractivity (Wildman–Crippen MR) is 108 cm³/mol. The summed E-state index contributed by atoms with van der Waals surface area (Å²) in [6, 6.07) is 6.52. The van der Waals surface area contributed by atoms with Gasteiger partial charge in [-0.15, -0.1) is 0 Å². The van der Waals surface area contributed by atoms with E-state index in [-0.39, 0.29) is 11.8 Å². The van der Waals surface area contributed by atoms with Crippen molar-refractivity contribution in [2.75, 3.05) is 32.8 Å². The zero-order valence-electron chi connectivity index (χ0n) is 16.8. The fraction of sp³-hybridized carbons (Fsp3) is 0.550. The molecule has 0 amide bonds. The summed E-state index contributed by atoms with van der Waals surface area (Å²) >= 11 is 0. The van der Waals surface area contributed by atoms with Crippen LogP contribution in [0.25, 0.3) is 11.3 Å². The molecule has 0 aliphatic carbocycles. The zero-order valence-corrected chi connectivity index (χ0v) is 16.8. The van der Waals surface area contributed by atoms with Gasteiger partial charge in [-0.3, -0.25) is 19.7 Å². The molecule has 1 atom stereocenters. The summed E-state index contributed by atoms with van der Waals surface area (Å²) in [4.78, 5) is 12.9. The maximum atomic E-state index is 10.9. The lowest BCUT2D eigenvalue weighted by Crippen LogP contribution is -2.47. The lowest BCUT2D eigenvalue weighted by atomic mass is 10.1. The molecule has 2 aromatic rings. The standard InChI is InChI=1S/C20H29N5O3/c1-15(2)12-24-8-9-28-19(14-24)11-21-10-17-13-23(3)22-20(17)16-4-6-18(7-5-16)25(26)27/h4-7,13,15,19,21H,8-12,14H2,1-3H3. The van der Waals surface area contributed by atoms with Gasteiger partial charge in [0.1, 0.15) is 0 Å². The summed E-state index contributed by atoms with van der Waals surface area (Å²) in [5.41, 5.74) is 2.86. The van der Waals surface area contributed by atoms with E-state index in [1.807, 2.05) is 13.2 Å². The summed E-state index contributed by atoms with van der Waals surface area (Å²) < 4.78 is 7.67. The summed E-state index contributed by atoms with van der Waals surface area (Å²) in [5, 5.41) is 18.9. The number of nitrogens with one attached hydrogen (secondary N) is 1. The highest BCUT2D eigenvalue weighted by atomic mass is 16.6. The Bertz CT molecular complexity index is 788. The van der Waals surface area contributed by atoms with E-state index in [2.05, 4.69) is 29.2 Å². The van der Waals surface area contributed by atoms with Crippen molar-refractivity contribution >= 4 is 5.69 Å². The molecule has 1 unspecified atom stereocenters. The highest BCUT2D eigenvalue weighted by Crippen LogP contribution is 2.24. The number of rotatable bonds is 8. The molecule has 152 valence electrons. The van der Waals surface area contributed by atoms with Gasteiger partial charge in [-0.2, -0.15) is 5.10 Å². The minimum absolute atomic E-state index is 0.0831. The van der Waals surface area contributed by atoms with Crippen LogP contribution in [-0.4, -0.2) is 58.5 Å². The summed E-state index contributed by atoms with van der Waals surface area (Å²) in [6.45, 7) is 9.77. The average Bonchev–Trinajstić information content (AvgIpc) is 3.02. The molecular weight excluding hydrogens is 358 g/mol. The number of ether oxygens (including phenoxy) is 1. The molecule has 8 nitrogen and oxygen atoms in total. The minimum Gasteiger partial charge on any atom is -0.374 e. The molecule has 1 saturated heterocycles. The van der Waals surface area contributed by atoms with Gasteiger partial charge < -0.3 is 10.1 Å². The van der Waals surface area contributed by atoms with Crippen LogP contribution in [0.5, 0.6) is 0 Å². The number of nitro benzene ring substituents is 1. The Morgan fingerprint density at radius 1 is 1.36 bits per heavy atom. The van der Waals surface area contributed by atoms with Gasteiger partial charge in [-0.25, -0.2) is 0 Å². The van der Waals surface area contributed by atoms with Crippen LogP contribution in [0.4, 0.5) is 5.69 Å². The first kappa shape index (κ1) is 20.4. The van der Waals surface area contributed by atoms with E-state index in [0.29, 0.717) is 12.5 Å². The van der Waals surface area contributed by atoms with Gasteiger partial charge in [0.2, 0.25) is 0 Å². The predicted octanol–water partition coefficient (Wildman–Crippen LogP) is 2.44. The molecule has 0 bridgehead atoms. The Labute approximate surface area is 165 Å². The second-order valence-corrected chi connectivity index (χ2v) is 7.76. The zero-order chi connectivity index (χ0) is 20.1. The van der Waals surface area contributed by atoms with Crippen molar-refractivity contribution in [1.29, 1.82) is 0 Å². The van der Waals surface area contributed by atoms with E-state index in [4.69, 9.17) is 4.74 Å². The van der Waals surface area contributed by atoms with Gasteiger partial charge in [-0.1, -0.05) is 13.8 Å². The number of hydrogen-bond acceptors (Lipinski definition) is 6. The molecule has 0 radical (unpaired) electrons. The molecular formula is C20H29N5O3. The quantitative estimate of drug-likeness (QED) is 0.553. The number of non-ortho nitro benzene ring substituents is 1. The normalized spacial score (nSPS) is 17.9. The lowest BCUT2D eigenvalue weighted by Gasteiger charge is -2.34. The Morgan fingerprint density at radius 2 is 2.11 bits per heavy atom. The number of hydrogen-bond donors (Lipinski definition) is 1. The molecule has 0 saturated carbocycles. The van der Waals surface area contributed by atoms with Gasteiger partial charge in [-0.05, 0) is 18.1 Å². The Balaban J connectivity index is 1.58. The summed E-state index contributed by atoms with van der Waals surface area (Å²) in [6.07, 6.45) is 2.17. The first-order valence-electron chi connectivity index (χ1n) is 9.74. The van der Waals surface area contributed by atoms with Crippen LogP contribution in [0.2, 0.25) is 0 Å². The molecule has 28 heavy (non-hydrogen) atoms. The maximum Gasteiger partial charge on any atom is 0.269 e. The smallest absolute Gasteiger partial charge is 0.269 e. The summed E-state index contributed by atoms with van der Waals surface area (Å²) in [5.74, 6) is 0.659. The van der Waals surface area contributed by atoms with Crippen molar-refractivity contribution in [2.24, 2.45) is 13.0 Å². The molecule has 1 N–H and O–H groups in total. The van der Waals surface area contributed by atoms with Gasteiger partial charge in [0.15, 0.2) is 0 Å². The number of nitrogens with zero attached hydrogens (tertiary/aromatic N) is 4. The number of morpholine rings is 1. The van der Waals surface area contributed by atoms with Crippen LogP contribution in [0.3, 0.4) is 0 Å². The van der Waals surface area contributed by atoms with E-state index >= 15 is 0 Å². The lowest BCUT2D eigenvalue weighted by molar-refractivity contribution is -0.384. The van der Waals surface area contributed by atoms with Crippen molar-refractivity contribution in [3.63, 3.8) is 0 Å². The van der Waals surface area contributed by atoms with Crippen molar-refractivity contribution in [3.8, 4) is 11.3 Å². The molecule has 2 heterocycles. The average molecular weight is 387 g/mol. The molecule has 0 spiro atoms. The van der Waals surface area contributed by atoms with Crippen molar-refractivity contribution in [3.05, 3.63) is 46.1 Å². The third-order valence-corrected chi connectivity index (χ3v) is 4.79. The van der Waals surface area contributed by atoms with Crippen LogP contribution in [0, 0.1) is 16.0 Å². The number of aryl methyl sites for hydroxylation is 1. The first-order chi connectivity index (χ1) is 13.4. The molecule has 3 rings (SSSR count). The van der Waals surface area contributed by atoms with Crippen LogP contribution >= 0.6 is 0 Å². The third-order valence-electron chi connectivity index (χ3n) is 4.79. The highest BCUT2D eigenvalue weighted by molar-refractivity contribution is 5.64. The summed E-state index contributed by atoms with van der Waals surface area (Å²) in [7, 11) is 1.88. The van der Waals surface area contributed by atoms with Gasteiger partial charge in [0.25, 0.3) is 5.69 Å². The second kappa shape index (κ2) is 9.27. The molecule has 1 aromatic carbocycles. The molecule has 1 fully saturated rings. The van der Waals surface area contributed by atoms with E-state index in [0.717, 1.165) is 49.6 Å². The fourth-order valence-electron chi connectivity index (χ4n) is 3.60. The van der Waals surface area contributed by atoms with Crippen LogP contribution in [-0.2, 0) is 18.3 Å². The molecule has 1 aliphatic rings. The SMILES string of the molecule is CC(C)CN1CCOC(CNCc2cn(C)nc2-c2ccc([N+](=O)[O-])cc2)C1. The van der Waals surface area contributed by atoms with Crippen molar-refractivity contribution in [1.82, 2.24) is 20.0 Å². The Kier molecular flexibility index (Phi) is 6.77. The monoisotopic (exact) mass is 387 g/mol. The van der Waals surface area contributed by atoms with Crippen molar-refractivity contribution in [2.45, 2.75) is 26.5 Å². The second-order valence-electron chi connectivity index (χ2n) is 7.76. The highest BCUT2D eigenvalue weighted by Gasteiger charge is 2.21. The van der Waals surface area contributed by atoms with Gasteiger partial charge >= 0.3 is 0 Å². The third kappa shape index (κ3) is 5.37. The van der Waals surface area contributed by atoms with Crippen LogP contribution < -0.4 is 5.32 Å². The maximum absolute atomic E-state index is 10.9. The Morgan fingerprint density at radius 3 is 2.79 bits per heavy atom. The fourth-order valence-corrected chi connectivity index (χ4v) is 3.60. The van der Waals surface area contributed by atoms with E-state index in [1.165, 1.54) is 12.1 Å². The molecule has 1 aliphatic heterocycles. The molecule has 8 heteroatoms. The van der Waals surface area contributed by atoms with Gasteiger partial charge in [0, 0.05) is 69.2 Å².